The van der Waals surface area contributed by atoms with Crippen molar-refractivity contribution < 1.29 is 4.79 Å². The Balaban J connectivity index is 1.30. The number of amides is 1. The van der Waals surface area contributed by atoms with Crippen LogP contribution < -0.4 is 15.5 Å². The molecule has 5 heterocycles. The maximum absolute atomic E-state index is 12.2. The van der Waals surface area contributed by atoms with Crippen molar-refractivity contribution in [3.63, 3.8) is 0 Å². The number of rotatable bonds is 4. The fourth-order valence-corrected chi connectivity index (χ4v) is 5.39. The summed E-state index contributed by atoms with van der Waals surface area (Å²) >= 11 is 0. The van der Waals surface area contributed by atoms with Crippen LogP contribution in [0.25, 0.3) is 22.4 Å². The molecular weight excluding hydrogens is 390 g/mol. The summed E-state index contributed by atoms with van der Waals surface area (Å²) in [5.74, 6) is 0.891. The molecule has 3 N–H and O–H groups in total. The predicted molar refractivity (Wildman–Crippen MR) is 119 cm³/mol. The van der Waals surface area contributed by atoms with E-state index in [2.05, 4.69) is 43.0 Å². The number of carbonyl (C=O) groups excluding carboxylic acids is 1. The number of benzene rings is 1. The first kappa shape index (κ1) is 18.5. The first-order chi connectivity index (χ1) is 15.2. The third-order valence-corrected chi connectivity index (χ3v) is 7.01. The van der Waals surface area contributed by atoms with Crippen LogP contribution in [-0.4, -0.2) is 51.5 Å². The van der Waals surface area contributed by atoms with E-state index in [4.69, 9.17) is 0 Å². The number of nitrogens with zero attached hydrogens (tertiary/aromatic N) is 4. The van der Waals surface area contributed by atoms with Crippen molar-refractivity contribution in [2.45, 2.75) is 50.2 Å². The molecule has 0 radical (unpaired) electrons. The van der Waals surface area contributed by atoms with E-state index in [9.17, 15) is 4.79 Å². The molecule has 3 aliphatic heterocycles. The molecule has 8 nitrogen and oxygen atoms in total. The molecule has 158 valence electrons. The van der Waals surface area contributed by atoms with Crippen LogP contribution >= 0.6 is 0 Å². The van der Waals surface area contributed by atoms with Crippen molar-refractivity contribution in [3.05, 3.63) is 42.2 Å². The van der Waals surface area contributed by atoms with Gasteiger partial charge in [-0.05, 0) is 48.9 Å². The molecule has 3 aliphatic rings. The summed E-state index contributed by atoms with van der Waals surface area (Å²) in [5.41, 5.74) is 5.45. The number of hydrogen-bond acceptors (Lipinski definition) is 6. The van der Waals surface area contributed by atoms with Gasteiger partial charge in [0, 0.05) is 42.5 Å². The fourth-order valence-electron chi connectivity index (χ4n) is 5.39. The molecule has 0 spiro atoms. The molecule has 1 aromatic carbocycles. The zero-order valence-electron chi connectivity index (χ0n) is 17.4. The zero-order chi connectivity index (χ0) is 20.9. The highest BCUT2D eigenvalue weighted by Gasteiger charge is 2.35. The Kier molecular flexibility index (Phi) is 4.27. The second-order valence-electron chi connectivity index (χ2n) is 8.88. The lowest BCUT2D eigenvalue weighted by Crippen LogP contribution is -2.47. The number of hydrogen-bond donors (Lipinski definition) is 3. The summed E-state index contributed by atoms with van der Waals surface area (Å²) in [4.78, 5) is 14.5. The van der Waals surface area contributed by atoms with Crippen LogP contribution in [0.3, 0.4) is 0 Å². The summed E-state index contributed by atoms with van der Waals surface area (Å²) < 4.78 is 0. The Morgan fingerprint density at radius 2 is 1.84 bits per heavy atom. The van der Waals surface area contributed by atoms with Gasteiger partial charge in [0.25, 0.3) is 0 Å². The Morgan fingerprint density at radius 3 is 2.55 bits per heavy atom. The smallest absolute Gasteiger partial charge is 0.228 e. The monoisotopic (exact) mass is 415 g/mol. The molecule has 2 atom stereocenters. The Morgan fingerprint density at radius 1 is 1.03 bits per heavy atom. The molecule has 2 aromatic heterocycles. The highest BCUT2D eigenvalue weighted by atomic mass is 16.1. The summed E-state index contributed by atoms with van der Waals surface area (Å²) in [6.07, 6.45) is 8.86. The van der Waals surface area contributed by atoms with E-state index in [0.29, 0.717) is 24.5 Å². The van der Waals surface area contributed by atoms with Crippen LogP contribution in [0.5, 0.6) is 0 Å². The largest absolute Gasteiger partial charge is 0.355 e. The topological polar surface area (TPSA) is 98.8 Å². The molecule has 2 saturated heterocycles. The van der Waals surface area contributed by atoms with Gasteiger partial charge in [-0.3, -0.25) is 9.89 Å². The van der Waals surface area contributed by atoms with Gasteiger partial charge < -0.3 is 15.5 Å². The zero-order valence-corrected chi connectivity index (χ0v) is 17.4. The number of aromatic nitrogens is 4. The van der Waals surface area contributed by atoms with Crippen molar-refractivity contribution in [2.24, 2.45) is 0 Å². The van der Waals surface area contributed by atoms with Crippen LogP contribution in [0.4, 0.5) is 11.5 Å². The average molecular weight is 416 g/mol. The SMILES string of the molecule is CN(c1ccc(-c2ccc(-c3cn[nH]c3)c3c2NC(=O)C3)nn1)C1CC2CCC(C1)N2. The Labute approximate surface area is 180 Å². The van der Waals surface area contributed by atoms with Gasteiger partial charge in [-0.15, -0.1) is 10.2 Å². The lowest BCUT2D eigenvalue weighted by atomic mass is 9.96. The number of fused-ring (bicyclic) bond motifs is 3. The lowest BCUT2D eigenvalue weighted by molar-refractivity contribution is -0.115. The van der Waals surface area contributed by atoms with Gasteiger partial charge in [-0.2, -0.15) is 5.10 Å². The van der Waals surface area contributed by atoms with E-state index in [1.165, 1.54) is 12.8 Å². The van der Waals surface area contributed by atoms with Crippen molar-refractivity contribution in [1.82, 2.24) is 25.7 Å². The minimum absolute atomic E-state index is 0.00274. The van der Waals surface area contributed by atoms with Crippen LogP contribution in [-0.2, 0) is 11.2 Å². The van der Waals surface area contributed by atoms with E-state index >= 15 is 0 Å². The highest BCUT2D eigenvalue weighted by molar-refractivity contribution is 6.06. The molecule has 1 amide bonds. The van der Waals surface area contributed by atoms with Gasteiger partial charge in [0.2, 0.25) is 5.91 Å². The Bertz CT molecular complexity index is 1110. The van der Waals surface area contributed by atoms with Gasteiger partial charge in [0.05, 0.1) is 24.0 Å². The van der Waals surface area contributed by atoms with E-state index < -0.39 is 0 Å². The van der Waals surface area contributed by atoms with Gasteiger partial charge in [0.1, 0.15) is 0 Å². The highest BCUT2D eigenvalue weighted by Crippen LogP contribution is 2.40. The molecule has 6 rings (SSSR count). The van der Waals surface area contributed by atoms with E-state index in [0.717, 1.165) is 52.3 Å². The fraction of sp³-hybridized carbons (Fsp3) is 0.391. The van der Waals surface area contributed by atoms with Crippen LogP contribution in [0.1, 0.15) is 31.2 Å². The first-order valence-corrected chi connectivity index (χ1v) is 10.9. The lowest BCUT2D eigenvalue weighted by Gasteiger charge is -2.36. The van der Waals surface area contributed by atoms with Gasteiger partial charge in [0.15, 0.2) is 5.82 Å². The molecule has 2 fully saturated rings. The van der Waals surface area contributed by atoms with E-state index in [1.54, 1.807) is 6.20 Å². The van der Waals surface area contributed by atoms with Crippen molar-refractivity contribution in [1.29, 1.82) is 0 Å². The third kappa shape index (κ3) is 3.18. The van der Waals surface area contributed by atoms with Crippen LogP contribution in [0.15, 0.2) is 36.7 Å². The first-order valence-electron chi connectivity index (χ1n) is 10.9. The number of aromatic amines is 1. The molecular formula is C23H25N7O. The summed E-state index contributed by atoms with van der Waals surface area (Å²) in [5, 5.41) is 22.7. The van der Waals surface area contributed by atoms with Crippen LogP contribution in [0, 0.1) is 0 Å². The number of carbonyl (C=O) groups is 1. The van der Waals surface area contributed by atoms with Crippen LogP contribution in [0.2, 0.25) is 0 Å². The maximum Gasteiger partial charge on any atom is 0.228 e. The van der Waals surface area contributed by atoms with Crippen molar-refractivity contribution in [2.75, 3.05) is 17.3 Å². The standard InChI is InChI=1S/C23H25N7O/c1-30(16-8-14-2-3-15(9-16)26-14)21-7-6-20(28-29-21)18-5-4-17(13-11-24-25-12-13)19-10-22(31)27-23(18)19/h4-7,11-12,14-16,26H,2-3,8-10H2,1H3,(H,24,25)(H,27,31). The van der Waals surface area contributed by atoms with Gasteiger partial charge in [-0.25, -0.2) is 0 Å². The molecule has 3 aromatic rings. The average Bonchev–Trinajstić information content (AvgIpc) is 3.52. The minimum Gasteiger partial charge on any atom is -0.355 e. The third-order valence-electron chi connectivity index (χ3n) is 7.01. The molecule has 8 heteroatoms. The molecule has 0 saturated carbocycles. The molecule has 2 bridgehead atoms. The number of anilines is 2. The van der Waals surface area contributed by atoms with Crippen molar-refractivity contribution in [3.8, 4) is 22.4 Å². The van der Waals surface area contributed by atoms with E-state index in [1.807, 2.05) is 30.5 Å². The van der Waals surface area contributed by atoms with Crippen molar-refractivity contribution >= 4 is 17.4 Å². The second kappa shape index (κ2) is 7.16. The predicted octanol–water partition coefficient (Wildman–Crippen LogP) is 2.75. The molecule has 31 heavy (non-hydrogen) atoms. The van der Waals surface area contributed by atoms with Gasteiger partial charge >= 0.3 is 0 Å². The number of nitrogens with one attached hydrogen (secondary N) is 3. The Hall–Kier alpha value is -3.26. The molecule has 2 unspecified atom stereocenters. The number of piperidine rings is 1. The van der Waals surface area contributed by atoms with E-state index in [-0.39, 0.29) is 5.91 Å². The maximum atomic E-state index is 12.2. The summed E-state index contributed by atoms with van der Waals surface area (Å²) in [7, 11) is 2.12. The second-order valence-corrected chi connectivity index (χ2v) is 8.88. The van der Waals surface area contributed by atoms with Gasteiger partial charge in [-0.1, -0.05) is 12.1 Å². The summed E-state index contributed by atoms with van der Waals surface area (Å²) in [6, 6.07) is 9.86. The normalized spacial score (nSPS) is 24.2. The minimum atomic E-state index is -0.00274. The number of H-pyrrole nitrogens is 1. The quantitative estimate of drug-likeness (QED) is 0.606. The summed E-state index contributed by atoms with van der Waals surface area (Å²) in [6.45, 7) is 0. The molecule has 0 aliphatic carbocycles.